The number of unbranched alkanes of at least 4 members (excludes halogenated alkanes) is 1. The van der Waals surface area contributed by atoms with Crippen molar-refractivity contribution in [2.24, 2.45) is 5.73 Å². The van der Waals surface area contributed by atoms with Crippen LogP contribution >= 0.6 is 0 Å². The van der Waals surface area contributed by atoms with Crippen LogP contribution in [0, 0.1) is 0 Å². The maximum atomic E-state index is 12.1. The molecule has 0 spiro atoms. The largest absolute Gasteiger partial charge is 0.465 e. The zero-order chi connectivity index (χ0) is 15.1. The Kier molecular flexibility index (Phi) is 7.36. The van der Waals surface area contributed by atoms with Crippen molar-refractivity contribution in [1.29, 1.82) is 0 Å². The van der Waals surface area contributed by atoms with Gasteiger partial charge in [0.05, 0.1) is 6.61 Å². The SMILES string of the molecule is CCOC(=O)C(C)(N)CCCCOC(C)C(F)(F)F. The topological polar surface area (TPSA) is 61.5 Å². The molecule has 4 nitrogen and oxygen atoms in total. The van der Waals surface area contributed by atoms with Gasteiger partial charge in [0, 0.05) is 6.61 Å². The molecule has 0 aliphatic rings. The standard InChI is InChI=1S/C12H22F3NO3/c1-4-18-10(17)11(3,16)7-5-6-8-19-9(2)12(13,14)15/h9H,4-8,16H2,1-3H3. The number of rotatable bonds is 8. The maximum Gasteiger partial charge on any atom is 0.414 e. The summed E-state index contributed by atoms with van der Waals surface area (Å²) >= 11 is 0. The predicted molar refractivity (Wildman–Crippen MR) is 64.5 cm³/mol. The van der Waals surface area contributed by atoms with Crippen LogP contribution in [0.3, 0.4) is 0 Å². The molecular formula is C12H22F3NO3. The molecule has 0 bridgehead atoms. The number of ether oxygens (including phenoxy) is 2. The lowest BCUT2D eigenvalue weighted by atomic mass is 9.96. The average molecular weight is 285 g/mol. The Balaban J connectivity index is 3.83. The van der Waals surface area contributed by atoms with E-state index in [1.165, 1.54) is 0 Å². The molecular weight excluding hydrogens is 263 g/mol. The van der Waals surface area contributed by atoms with Gasteiger partial charge in [0.2, 0.25) is 0 Å². The highest BCUT2D eigenvalue weighted by Gasteiger charge is 2.36. The molecule has 114 valence electrons. The number of nitrogens with two attached hydrogens (primary N) is 1. The lowest BCUT2D eigenvalue weighted by molar-refractivity contribution is -0.214. The normalized spacial score (nSPS) is 16.8. The summed E-state index contributed by atoms with van der Waals surface area (Å²) in [5.41, 5.74) is 4.66. The van der Waals surface area contributed by atoms with Gasteiger partial charge in [-0.1, -0.05) is 0 Å². The highest BCUT2D eigenvalue weighted by Crippen LogP contribution is 2.22. The van der Waals surface area contributed by atoms with Crippen molar-refractivity contribution in [2.45, 2.75) is 57.9 Å². The molecule has 0 aromatic heterocycles. The lowest BCUT2D eigenvalue weighted by Gasteiger charge is -2.22. The van der Waals surface area contributed by atoms with Crippen molar-refractivity contribution in [3.8, 4) is 0 Å². The number of esters is 1. The monoisotopic (exact) mass is 285 g/mol. The number of hydrogen-bond acceptors (Lipinski definition) is 4. The molecule has 0 saturated carbocycles. The Hall–Kier alpha value is -0.820. The van der Waals surface area contributed by atoms with Crippen LogP contribution in [0.2, 0.25) is 0 Å². The maximum absolute atomic E-state index is 12.1. The summed E-state index contributed by atoms with van der Waals surface area (Å²) in [4.78, 5) is 11.4. The van der Waals surface area contributed by atoms with Crippen LogP contribution in [-0.4, -0.2) is 37.0 Å². The van der Waals surface area contributed by atoms with Gasteiger partial charge in [-0.3, -0.25) is 4.79 Å². The quantitative estimate of drug-likeness (QED) is 0.549. The number of carbonyl (C=O) groups excluding carboxylic acids is 1. The van der Waals surface area contributed by atoms with Crippen LogP contribution < -0.4 is 5.73 Å². The second-order valence-electron chi connectivity index (χ2n) is 4.65. The van der Waals surface area contributed by atoms with Crippen molar-refractivity contribution in [1.82, 2.24) is 0 Å². The van der Waals surface area contributed by atoms with Gasteiger partial charge >= 0.3 is 12.1 Å². The predicted octanol–water partition coefficient (Wildman–Crippen LogP) is 2.40. The molecule has 0 heterocycles. The van der Waals surface area contributed by atoms with Gasteiger partial charge in [0.25, 0.3) is 0 Å². The molecule has 0 rings (SSSR count). The molecule has 2 atom stereocenters. The summed E-state index contributed by atoms with van der Waals surface area (Å²) in [6, 6.07) is 0. The number of carbonyl (C=O) groups is 1. The van der Waals surface area contributed by atoms with Gasteiger partial charge in [-0.05, 0) is 40.0 Å². The second-order valence-corrected chi connectivity index (χ2v) is 4.65. The molecule has 0 aliphatic carbocycles. The molecule has 0 aromatic rings. The van der Waals surface area contributed by atoms with Crippen molar-refractivity contribution in [3.05, 3.63) is 0 Å². The molecule has 7 heteroatoms. The van der Waals surface area contributed by atoms with E-state index < -0.39 is 23.8 Å². The Morgan fingerprint density at radius 3 is 2.37 bits per heavy atom. The third kappa shape index (κ3) is 7.37. The second kappa shape index (κ2) is 7.69. The van der Waals surface area contributed by atoms with Gasteiger partial charge in [-0.25, -0.2) is 0 Å². The highest BCUT2D eigenvalue weighted by atomic mass is 19.4. The smallest absolute Gasteiger partial charge is 0.414 e. The zero-order valence-electron chi connectivity index (χ0n) is 11.5. The van der Waals surface area contributed by atoms with Crippen LogP contribution in [0.1, 0.15) is 40.0 Å². The molecule has 0 saturated heterocycles. The first-order chi connectivity index (χ1) is 8.61. The van der Waals surface area contributed by atoms with Gasteiger partial charge in [-0.15, -0.1) is 0 Å². The van der Waals surface area contributed by atoms with E-state index in [9.17, 15) is 18.0 Å². The van der Waals surface area contributed by atoms with Crippen LogP contribution in [0.25, 0.3) is 0 Å². The molecule has 0 amide bonds. The van der Waals surface area contributed by atoms with Crippen LogP contribution in [0.4, 0.5) is 13.2 Å². The minimum atomic E-state index is -4.34. The van der Waals surface area contributed by atoms with Gasteiger partial charge in [0.1, 0.15) is 5.54 Å². The van der Waals surface area contributed by atoms with Gasteiger partial charge in [-0.2, -0.15) is 13.2 Å². The third-order valence-electron chi connectivity index (χ3n) is 2.66. The lowest BCUT2D eigenvalue weighted by Crippen LogP contribution is -2.46. The molecule has 19 heavy (non-hydrogen) atoms. The van der Waals surface area contributed by atoms with E-state index >= 15 is 0 Å². The van der Waals surface area contributed by atoms with Crippen molar-refractivity contribution in [3.63, 3.8) is 0 Å². The molecule has 0 fully saturated rings. The van der Waals surface area contributed by atoms with Crippen molar-refractivity contribution in [2.75, 3.05) is 13.2 Å². The summed E-state index contributed by atoms with van der Waals surface area (Å²) in [5, 5.41) is 0. The molecule has 2 unspecified atom stereocenters. The highest BCUT2D eigenvalue weighted by molar-refractivity contribution is 5.79. The van der Waals surface area contributed by atoms with E-state index in [0.717, 1.165) is 6.92 Å². The summed E-state index contributed by atoms with van der Waals surface area (Å²) in [6.07, 6.45) is -4.87. The number of hydrogen-bond donors (Lipinski definition) is 1. The van der Waals surface area contributed by atoms with Gasteiger partial charge in [0.15, 0.2) is 6.10 Å². The Morgan fingerprint density at radius 2 is 1.89 bits per heavy atom. The first-order valence-electron chi connectivity index (χ1n) is 6.25. The van der Waals surface area contributed by atoms with E-state index in [4.69, 9.17) is 10.5 Å². The zero-order valence-corrected chi connectivity index (χ0v) is 11.5. The summed E-state index contributed by atoms with van der Waals surface area (Å²) in [7, 11) is 0. The fraction of sp³-hybridized carbons (Fsp3) is 0.917. The molecule has 0 aliphatic heterocycles. The van der Waals surface area contributed by atoms with Crippen LogP contribution in [-0.2, 0) is 14.3 Å². The first kappa shape index (κ1) is 18.2. The summed E-state index contributed by atoms with van der Waals surface area (Å²) < 4.78 is 45.8. The Morgan fingerprint density at radius 1 is 1.32 bits per heavy atom. The van der Waals surface area contributed by atoms with Crippen molar-refractivity contribution < 1.29 is 27.4 Å². The molecule has 2 N–H and O–H groups in total. The van der Waals surface area contributed by atoms with E-state index in [-0.39, 0.29) is 13.2 Å². The minimum absolute atomic E-state index is 0.0143. The van der Waals surface area contributed by atoms with Crippen LogP contribution in [0.15, 0.2) is 0 Å². The average Bonchev–Trinajstić information content (AvgIpc) is 2.27. The fourth-order valence-corrected chi connectivity index (χ4v) is 1.35. The van der Waals surface area contributed by atoms with E-state index in [1.54, 1.807) is 13.8 Å². The third-order valence-corrected chi connectivity index (χ3v) is 2.66. The Bertz CT molecular complexity index is 280. The number of alkyl halides is 3. The van der Waals surface area contributed by atoms with E-state index in [0.29, 0.717) is 19.3 Å². The molecule has 0 radical (unpaired) electrons. The minimum Gasteiger partial charge on any atom is -0.465 e. The number of halogens is 3. The van der Waals surface area contributed by atoms with E-state index in [1.807, 2.05) is 0 Å². The first-order valence-corrected chi connectivity index (χ1v) is 6.25. The fourth-order valence-electron chi connectivity index (χ4n) is 1.35. The summed E-state index contributed by atoms with van der Waals surface area (Å²) in [6.45, 7) is 4.42. The van der Waals surface area contributed by atoms with Crippen LogP contribution in [0.5, 0.6) is 0 Å². The van der Waals surface area contributed by atoms with Gasteiger partial charge < -0.3 is 15.2 Å². The molecule has 0 aromatic carbocycles. The van der Waals surface area contributed by atoms with E-state index in [2.05, 4.69) is 4.74 Å². The summed E-state index contributed by atoms with van der Waals surface area (Å²) in [5.74, 6) is -0.500. The van der Waals surface area contributed by atoms with Crippen molar-refractivity contribution >= 4 is 5.97 Å². The Labute approximate surface area is 111 Å².